The first-order chi connectivity index (χ1) is 8.53. The van der Waals surface area contributed by atoms with E-state index in [1.165, 1.54) is 7.11 Å². The third kappa shape index (κ3) is 4.70. The number of rotatable bonds is 5. The van der Waals surface area contributed by atoms with Gasteiger partial charge in [-0.3, -0.25) is 4.79 Å². The highest BCUT2D eigenvalue weighted by Gasteiger charge is 2.17. The molecule has 0 aliphatic heterocycles. The Morgan fingerprint density at radius 2 is 1.79 bits per heavy atom. The molecule has 108 valence electrons. The molecule has 1 aromatic rings. The Hall–Kier alpha value is -0.730. The van der Waals surface area contributed by atoms with Crippen LogP contribution in [0.3, 0.4) is 0 Å². The fourth-order valence-corrected chi connectivity index (χ4v) is 2.18. The quantitative estimate of drug-likeness (QED) is 0.601. The molecule has 0 amide bonds. The number of ether oxygens (including phenoxy) is 3. The molecule has 0 aromatic heterocycles. The van der Waals surface area contributed by atoms with Crippen molar-refractivity contribution in [1.82, 2.24) is 0 Å². The van der Waals surface area contributed by atoms with Gasteiger partial charge in [0.05, 0.1) is 21.3 Å². The molecule has 5 nitrogen and oxygen atoms in total. The van der Waals surface area contributed by atoms with E-state index in [0.717, 1.165) is 9.13 Å². The molecule has 0 heterocycles. The third-order valence-corrected chi connectivity index (χ3v) is 3.50. The molecule has 0 unspecified atom stereocenters. The molecular weight excluding hydrogens is 384 g/mol. The molecule has 0 bridgehead atoms. The molecule has 1 rings (SSSR count). The lowest BCUT2D eigenvalue weighted by Crippen LogP contribution is -2.33. The number of methoxy groups -OCH3 is 3. The molecule has 2 N–H and O–H groups in total. The monoisotopic (exact) mass is 401 g/mol. The van der Waals surface area contributed by atoms with Gasteiger partial charge in [-0.2, -0.15) is 0 Å². The van der Waals surface area contributed by atoms with Crippen molar-refractivity contribution in [3.63, 3.8) is 0 Å². The van der Waals surface area contributed by atoms with E-state index in [9.17, 15) is 4.79 Å². The van der Waals surface area contributed by atoms with Crippen LogP contribution in [0.1, 0.15) is 5.56 Å². The van der Waals surface area contributed by atoms with Gasteiger partial charge >= 0.3 is 5.97 Å². The zero-order valence-electron chi connectivity index (χ0n) is 10.9. The Bertz CT molecular complexity index is 442. The third-order valence-electron chi connectivity index (χ3n) is 2.50. The van der Waals surface area contributed by atoms with E-state index in [-0.39, 0.29) is 12.4 Å². The highest BCUT2D eigenvalue weighted by atomic mass is 127. The summed E-state index contributed by atoms with van der Waals surface area (Å²) in [5.74, 6) is 0.836. The molecule has 7 heteroatoms. The Morgan fingerprint density at radius 3 is 2.26 bits per heavy atom. The van der Waals surface area contributed by atoms with Crippen molar-refractivity contribution >= 4 is 41.0 Å². The summed E-state index contributed by atoms with van der Waals surface area (Å²) in [6, 6.07) is 2.99. The number of benzene rings is 1. The Morgan fingerprint density at radius 1 is 1.26 bits per heavy atom. The van der Waals surface area contributed by atoms with E-state index in [1.807, 2.05) is 12.1 Å². The number of nitrogens with two attached hydrogens (primary N) is 1. The van der Waals surface area contributed by atoms with Crippen LogP contribution in [0.2, 0.25) is 0 Å². The van der Waals surface area contributed by atoms with Crippen LogP contribution >= 0.6 is 35.0 Å². The average Bonchev–Trinajstić information content (AvgIpc) is 2.39. The Balaban J connectivity index is 0.00000324. The summed E-state index contributed by atoms with van der Waals surface area (Å²) in [7, 11) is 4.46. The summed E-state index contributed by atoms with van der Waals surface area (Å²) in [5, 5.41) is 0. The SMILES string of the molecule is COC(=O)[C@@H](N)Cc1cc(OC)c(OC)cc1I.Cl. The second-order valence-electron chi connectivity index (χ2n) is 3.63. The second-order valence-corrected chi connectivity index (χ2v) is 4.79. The fraction of sp³-hybridized carbons (Fsp3) is 0.417. The topological polar surface area (TPSA) is 70.8 Å². The van der Waals surface area contributed by atoms with Gasteiger partial charge in [0.2, 0.25) is 0 Å². The molecule has 0 radical (unpaired) electrons. The molecule has 0 aliphatic rings. The predicted molar refractivity (Wildman–Crippen MR) is 83.2 cm³/mol. The summed E-state index contributed by atoms with van der Waals surface area (Å²) in [4.78, 5) is 11.3. The Labute approximate surface area is 132 Å². The zero-order valence-corrected chi connectivity index (χ0v) is 13.9. The average molecular weight is 402 g/mol. The van der Waals surface area contributed by atoms with E-state index in [4.69, 9.17) is 15.2 Å². The number of carbonyl (C=O) groups is 1. The van der Waals surface area contributed by atoms with Gasteiger partial charge in [-0.25, -0.2) is 0 Å². The minimum Gasteiger partial charge on any atom is -0.493 e. The van der Waals surface area contributed by atoms with E-state index in [1.54, 1.807) is 14.2 Å². The van der Waals surface area contributed by atoms with Crippen LogP contribution in [0.15, 0.2) is 12.1 Å². The summed E-state index contributed by atoms with van der Waals surface area (Å²) >= 11 is 2.17. The largest absolute Gasteiger partial charge is 0.493 e. The standard InChI is InChI=1S/C12H16INO4.ClH/c1-16-10-5-7(4-9(14)12(15)18-3)8(13)6-11(10)17-2;/h5-6,9H,4,14H2,1-3H3;1H/t9-;/m0./s1. The van der Waals surface area contributed by atoms with Gasteiger partial charge in [0.1, 0.15) is 6.04 Å². The molecule has 0 fully saturated rings. The maximum atomic E-state index is 11.3. The molecule has 0 saturated carbocycles. The van der Waals surface area contributed by atoms with E-state index < -0.39 is 12.0 Å². The van der Waals surface area contributed by atoms with Crippen LogP contribution in [0, 0.1) is 3.57 Å². The van der Waals surface area contributed by atoms with Crippen LogP contribution < -0.4 is 15.2 Å². The van der Waals surface area contributed by atoms with E-state index in [2.05, 4.69) is 27.3 Å². The number of carbonyl (C=O) groups excluding carboxylic acids is 1. The van der Waals surface area contributed by atoms with E-state index >= 15 is 0 Å². The summed E-state index contributed by atoms with van der Waals surface area (Å²) in [5.41, 5.74) is 6.66. The molecule has 0 aliphatic carbocycles. The number of hydrogen-bond donors (Lipinski definition) is 1. The van der Waals surface area contributed by atoms with Crippen LogP contribution in [0.25, 0.3) is 0 Å². The second kappa shape index (κ2) is 8.44. The number of hydrogen-bond acceptors (Lipinski definition) is 5. The van der Waals surface area contributed by atoms with Gasteiger partial charge in [-0.15, -0.1) is 12.4 Å². The molecular formula is C12H17ClINO4. The van der Waals surface area contributed by atoms with Crippen molar-refractivity contribution < 1.29 is 19.0 Å². The smallest absolute Gasteiger partial charge is 0.322 e. The van der Waals surface area contributed by atoms with Crippen molar-refractivity contribution in [3.8, 4) is 11.5 Å². The molecule has 1 aromatic carbocycles. The van der Waals surface area contributed by atoms with Crippen LogP contribution in [-0.4, -0.2) is 33.3 Å². The number of halogens is 2. The first kappa shape index (κ1) is 18.3. The van der Waals surface area contributed by atoms with Crippen molar-refractivity contribution in [1.29, 1.82) is 0 Å². The maximum absolute atomic E-state index is 11.3. The highest BCUT2D eigenvalue weighted by Crippen LogP contribution is 2.31. The van der Waals surface area contributed by atoms with Crippen molar-refractivity contribution in [2.24, 2.45) is 5.73 Å². The van der Waals surface area contributed by atoms with Gasteiger partial charge in [-0.05, 0) is 46.7 Å². The number of esters is 1. The maximum Gasteiger partial charge on any atom is 0.322 e. The lowest BCUT2D eigenvalue weighted by molar-refractivity contribution is -0.142. The van der Waals surface area contributed by atoms with Crippen molar-refractivity contribution in [2.45, 2.75) is 12.5 Å². The molecule has 0 saturated heterocycles. The Kier molecular flexibility index (Phi) is 8.12. The minimum absolute atomic E-state index is 0. The van der Waals surface area contributed by atoms with Gasteiger partial charge in [0.25, 0.3) is 0 Å². The lowest BCUT2D eigenvalue weighted by atomic mass is 10.1. The van der Waals surface area contributed by atoms with Crippen LogP contribution in [0.4, 0.5) is 0 Å². The van der Waals surface area contributed by atoms with Gasteiger partial charge in [-0.1, -0.05) is 0 Å². The molecule has 19 heavy (non-hydrogen) atoms. The first-order valence-corrected chi connectivity index (χ1v) is 6.35. The van der Waals surface area contributed by atoms with Crippen molar-refractivity contribution in [3.05, 3.63) is 21.3 Å². The predicted octanol–water partition coefficient (Wildman–Crippen LogP) is 1.77. The summed E-state index contributed by atoms with van der Waals surface area (Å²) in [6.07, 6.45) is 0.394. The van der Waals surface area contributed by atoms with Gasteiger partial charge < -0.3 is 19.9 Å². The zero-order chi connectivity index (χ0) is 13.7. The lowest BCUT2D eigenvalue weighted by Gasteiger charge is -2.14. The molecule has 0 spiro atoms. The normalized spacial score (nSPS) is 11.2. The summed E-state index contributed by atoms with van der Waals surface area (Å²) in [6.45, 7) is 0. The fourth-order valence-electron chi connectivity index (χ4n) is 1.52. The van der Waals surface area contributed by atoms with E-state index in [0.29, 0.717) is 17.9 Å². The van der Waals surface area contributed by atoms with Crippen LogP contribution in [-0.2, 0) is 16.0 Å². The highest BCUT2D eigenvalue weighted by molar-refractivity contribution is 14.1. The van der Waals surface area contributed by atoms with Crippen LogP contribution in [0.5, 0.6) is 11.5 Å². The van der Waals surface area contributed by atoms with Gasteiger partial charge in [0.15, 0.2) is 11.5 Å². The minimum atomic E-state index is -0.679. The van der Waals surface area contributed by atoms with Gasteiger partial charge in [0, 0.05) is 3.57 Å². The summed E-state index contributed by atoms with van der Waals surface area (Å²) < 4.78 is 16.0. The molecule has 1 atom stereocenters. The first-order valence-electron chi connectivity index (χ1n) is 5.27. The van der Waals surface area contributed by atoms with Crippen molar-refractivity contribution in [2.75, 3.05) is 21.3 Å².